The van der Waals surface area contributed by atoms with Crippen LogP contribution in [-0.2, 0) is 17.5 Å². The molecule has 1 aromatic rings. The van der Waals surface area contributed by atoms with Crippen LogP contribution in [0.4, 0.5) is 17.6 Å². The van der Waals surface area contributed by atoms with E-state index in [-0.39, 0.29) is 30.0 Å². The average Bonchev–Trinajstić information content (AvgIpc) is 2.53. The summed E-state index contributed by atoms with van der Waals surface area (Å²) in [6, 6.07) is 2.49. The highest BCUT2D eigenvalue weighted by molar-refractivity contribution is 5.75. The Hall–Kier alpha value is -1.63. The number of nitrogens with one attached hydrogen (secondary N) is 1. The molecular weight excluding hydrogens is 324 g/mol. The van der Waals surface area contributed by atoms with Crippen LogP contribution < -0.4 is 5.32 Å². The van der Waals surface area contributed by atoms with Crippen molar-refractivity contribution in [2.75, 3.05) is 13.1 Å². The summed E-state index contributed by atoms with van der Waals surface area (Å²) in [4.78, 5) is 13.5. The van der Waals surface area contributed by atoms with Crippen molar-refractivity contribution in [3.8, 4) is 0 Å². The number of halogens is 4. The van der Waals surface area contributed by atoms with E-state index in [0.717, 1.165) is 18.2 Å². The molecule has 1 aliphatic heterocycles. The Morgan fingerprint density at radius 3 is 2.67 bits per heavy atom. The number of benzene rings is 1. The normalized spacial score (nSPS) is 21.8. The number of hydrogen-bond donors (Lipinski definition) is 1. The number of rotatable bonds is 4. The first kappa shape index (κ1) is 18.7. The topological polar surface area (TPSA) is 32.3 Å². The van der Waals surface area contributed by atoms with Crippen molar-refractivity contribution in [3.05, 3.63) is 35.1 Å². The van der Waals surface area contributed by atoms with Gasteiger partial charge in [0.25, 0.3) is 0 Å². The number of carbonyl (C=O) groups is 1. The zero-order valence-corrected chi connectivity index (χ0v) is 13.8. The van der Waals surface area contributed by atoms with E-state index in [0.29, 0.717) is 25.9 Å². The second-order valence-electron chi connectivity index (χ2n) is 6.25. The van der Waals surface area contributed by atoms with Crippen molar-refractivity contribution in [2.45, 2.75) is 45.5 Å². The van der Waals surface area contributed by atoms with E-state index in [1.54, 1.807) is 4.90 Å². The monoisotopic (exact) mass is 346 g/mol. The highest BCUT2D eigenvalue weighted by Crippen LogP contribution is 2.30. The van der Waals surface area contributed by atoms with Gasteiger partial charge in [-0.3, -0.25) is 4.79 Å². The van der Waals surface area contributed by atoms with Crippen LogP contribution in [0.1, 0.15) is 37.8 Å². The van der Waals surface area contributed by atoms with Crippen molar-refractivity contribution < 1.29 is 22.4 Å². The predicted molar refractivity (Wildman–Crippen MR) is 82.7 cm³/mol. The fourth-order valence-corrected chi connectivity index (χ4v) is 3.03. The predicted octanol–water partition coefficient (Wildman–Crippen LogP) is 3.58. The second-order valence-corrected chi connectivity index (χ2v) is 6.25. The Labute approximate surface area is 139 Å². The van der Waals surface area contributed by atoms with Gasteiger partial charge in [0.15, 0.2) is 0 Å². The van der Waals surface area contributed by atoms with Crippen molar-refractivity contribution in [2.24, 2.45) is 5.92 Å². The second kappa shape index (κ2) is 7.51. The first-order valence-corrected chi connectivity index (χ1v) is 8.09. The molecule has 1 amide bonds. The Kier molecular flexibility index (Phi) is 5.85. The summed E-state index contributed by atoms with van der Waals surface area (Å²) in [5.41, 5.74) is -0.846. The SMILES string of the molecule is CCC(=O)N1CC[C@H](NCc2cc(C(F)(F)F)ccc2F)[C@H](C)C1. The van der Waals surface area contributed by atoms with Gasteiger partial charge in [-0.25, -0.2) is 4.39 Å². The fourth-order valence-electron chi connectivity index (χ4n) is 3.03. The molecule has 24 heavy (non-hydrogen) atoms. The maximum absolute atomic E-state index is 13.8. The molecule has 1 heterocycles. The van der Waals surface area contributed by atoms with E-state index in [2.05, 4.69) is 5.32 Å². The van der Waals surface area contributed by atoms with Crippen molar-refractivity contribution in [3.63, 3.8) is 0 Å². The third-order valence-electron chi connectivity index (χ3n) is 4.49. The van der Waals surface area contributed by atoms with Gasteiger partial charge in [-0.1, -0.05) is 13.8 Å². The summed E-state index contributed by atoms with van der Waals surface area (Å²) in [6.07, 6.45) is -3.32. The van der Waals surface area contributed by atoms with Crippen LogP contribution in [0.2, 0.25) is 0 Å². The maximum atomic E-state index is 13.8. The van der Waals surface area contributed by atoms with Gasteiger partial charge >= 0.3 is 6.18 Å². The van der Waals surface area contributed by atoms with E-state index >= 15 is 0 Å². The van der Waals surface area contributed by atoms with Crippen molar-refractivity contribution >= 4 is 5.91 Å². The highest BCUT2D eigenvalue weighted by atomic mass is 19.4. The van der Waals surface area contributed by atoms with Crippen LogP contribution in [-0.4, -0.2) is 29.9 Å². The number of carbonyl (C=O) groups excluding carboxylic acids is 1. The lowest BCUT2D eigenvalue weighted by Gasteiger charge is -2.37. The van der Waals surface area contributed by atoms with Crippen LogP contribution in [0.3, 0.4) is 0 Å². The molecule has 1 fully saturated rings. The number of piperidine rings is 1. The van der Waals surface area contributed by atoms with E-state index in [1.165, 1.54) is 0 Å². The van der Waals surface area contributed by atoms with Gasteiger partial charge in [-0.15, -0.1) is 0 Å². The van der Waals surface area contributed by atoms with Crippen molar-refractivity contribution in [1.82, 2.24) is 10.2 Å². The van der Waals surface area contributed by atoms with Gasteiger partial charge in [0.2, 0.25) is 5.91 Å². The number of hydrogen-bond acceptors (Lipinski definition) is 2. The van der Waals surface area contributed by atoms with Gasteiger partial charge in [-0.05, 0) is 30.5 Å². The van der Waals surface area contributed by atoms with Crippen LogP contribution in [0, 0.1) is 11.7 Å². The quantitative estimate of drug-likeness (QED) is 0.845. The zero-order valence-electron chi connectivity index (χ0n) is 13.8. The molecule has 2 atom stereocenters. The van der Waals surface area contributed by atoms with Gasteiger partial charge in [0.1, 0.15) is 5.82 Å². The first-order valence-electron chi connectivity index (χ1n) is 8.09. The molecule has 0 spiro atoms. The lowest BCUT2D eigenvalue weighted by atomic mass is 9.93. The molecule has 1 aliphatic rings. The lowest BCUT2D eigenvalue weighted by molar-refractivity contribution is -0.137. The maximum Gasteiger partial charge on any atom is 0.416 e. The summed E-state index contributed by atoms with van der Waals surface area (Å²) in [7, 11) is 0. The Bertz CT molecular complexity index is 588. The minimum absolute atomic E-state index is 0.00379. The number of alkyl halides is 3. The van der Waals surface area contributed by atoms with Crippen LogP contribution in [0.25, 0.3) is 0 Å². The Morgan fingerprint density at radius 1 is 1.38 bits per heavy atom. The summed E-state index contributed by atoms with van der Waals surface area (Å²) >= 11 is 0. The zero-order chi connectivity index (χ0) is 17.9. The first-order chi connectivity index (χ1) is 11.2. The molecule has 0 saturated carbocycles. The number of amides is 1. The molecule has 1 N–H and O–H groups in total. The average molecular weight is 346 g/mol. The molecular formula is C17H22F4N2O. The van der Waals surface area contributed by atoms with Gasteiger partial charge in [0, 0.05) is 37.7 Å². The largest absolute Gasteiger partial charge is 0.416 e. The van der Waals surface area contributed by atoms with Gasteiger partial charge in [0.05, 0.1) is 5.56 Å². The third kappa shape index (κ3) is 4.47. The summed E-state index contributed by atoms with van der Waals surface area (Å²) in [5.74, 6) is -0.394. The fraction of sp³-hybridized carbons (Fsp3) is 0.588. The summed E-state index contributed by atoms with van der Waals surface area (Å²) in [5, 5.41) is 3.14. The van der Waals surface area contributed by atoms with Crippen LogP contribution >= 0.6 is 0 Å². The molecule has 1 saturated heterocycles. The van der Waals surface area contributed by atoms with E-state index in [1.807, 2.05) is 13.8 Å². The van der Waals surface area contributed by atoms with Gasteiger partial charge < -0.3 is 10.2 Å². The molecule has 1 aromatic carbocycles. The molecule has 2 rings (SSSR count). The van der Waals surface area contributed by atoms with Crippen LogP contribution in [0.15, 0.2) is 18.2 Å². The molecule has 3 nitrogen and oxygen atoms in total. The number of likely N-dealkylation sites (tertiary alicyclic amines) is 1. The van der Waals surface area contributed by atoms with E-state index in [9.17, 15) is 22.4 Å². The number of nitrogens with zero attached hydrogens (tertiary/aromatic N) is 1. The smallest absolute Gasteiger partial charge is 0.342 e. The minimum Gasteiger partial charge on any atom is -0.342 e. The van der Waals surface area contributed by atoms with E-state index < -0.39 is 17.6 Å². The molecule has 7 heteroatoms. The minimum atomic E-state index is -4.48. The molecule has 0 unspecified atom stereocenters. The highest BCUT2D eigenvalue weighted by Gasteiger charge is 2.31. The molecule has 0 radical (unpaired) electrons. The Morgan fingerprint density at radius 2 is 2.08 bits per heavy atom. The molecule has 0 aromatic heterocycles. The van der Waals surface area contributed by atoms with Gasteiger partial charge in [-0.2, -0.15) is 13.2 Å². The summed E-state index contributed by atoms with van der Waals surface area (Å²) < 4.78 is 51.9. The Balaban J connectivity index is 1.98. The van der Waals surface area contributed by atoms with Crippen LogP contribution in [0.5, 0.6) is 0 Å². The molecule has 134 valence electrons. The third-order valence-corrected chi connectivity index (χ3v) is 4.49. The van der Waals surface area contributed by atoms with Crippen molar-refractivity contribution in [1.29, 1.82) is 0 Å². The van der Waals surface area contributed by atoms with E-state index in [4.69, 9.17) is 0 Å². The molecule has 0 aliphatic carbocycles. The molecule has 0 bridgehead atoms. The lowest BCUT2D eigenvalue weighted by Crippen LogP contribution is -2.49. The standard InChI is InChI=1S/C17H22F4N2O/c1-3-16(24)23-7-6-15(11(2)10-23)22-9-12-8-13(17(19,20)21)4-5-14(12)18/h4-5,8,11,15,22H,3,6-7,9-10H2,1-2H3/t11-,15+/m1/s1. The summed E-state index contributed by atoms with van der Waals surface area (Å²) in [6.45, 7) is 5.05.